The number of amides is 3. The summed E-state index contributed by atoms with van der Waals surface area (Å²) in [6.07, 6.45) is -1.30. The number of hydrogen-bond acceptors (Lipinski definition) is 8. The Balaban J connectivity index is 1.81. The minimum atomic E-state index is -1.47. The van der Waals surface area contributed by atoms with Crippen LogP contribution in [0, 0.1) is 5.41 Å². The Bertz CT molecular complexity index is 807. The molecule has 3 rings (SSSR count). The first-order chi connectivity index (χ1) is 14.0. The van der Waals surface area contributed by atoms with Crippen LogP contribution in [0.2, 0.25) is 0 Å². The van der Waals surface area contributed by atoms with Crippen molar-refractivity contribution in [3.63, 3.8) is 0 Å². The first-order valence-electron chi connectivity index (χ1n) is 9.99. The fraction of sp³-hybridized carbons (Fsp3) is 0.737. The molecule has 0 aromatic carbocycles. The van der Waals surface area contributed by atoms with Gasteiger partial charge in [0.1, 0.15) is 18.2 Å². The highest BCUT2D eigenvalue weighted by Gasteiger charge is 2.65. The molecule has 3 N–H and O–H groups in total. The predicted molar refractivity (Wildman–Crippen MR) is 103 cm³/mol. The maximum Gasteiger partial charge on any atom is 0.405 e. The molecule has 1 aromatic rings. The molecule has 0 aliphatic carbocycles. The van der Waals surface area contributed by atoms with Gasteiger partial charge < -0.3 is 29.9 Å². The van der Waals surface area contributed by atoms with Crippen LogP contribution < -0.4 is 5.73 Å². The first kappa shape index (κ1) is 22.0. The van der Waals surface area contributed by atoms with E-state index in [2.05, 4.69) is 10.1 Å². The number of nitrogens with zero attached hydrogens (tertiary/aromatic N) is 4. The zero-order chi connectivity index (χ0) is 22.3. The maximum absolute atomic E-state index is 13.4. The van der Waals surface area contributed by atoms with E-state index >= 15 is 0 Å². The van der Waals surface area contributed by atoms with Gasteiger partial charge in [-0.15, -0.1) is 0 Å². The fourth-order valence-electron chi connectivity index (χ4n) is 4.53. The lowest BCUT2D eigenvalue weighted by Crippen LogP contribution is -2.78. The molecule has 1 aromatic heterocycles. The molecule has 11 heteroatoms. The number of aliphatic hydroxyl groups excluding tert-OH is 1. The molecular weight excluding hydrogens is 394 g/mol. The molecule has 166 valence electrons. The van der Waals surface area contributed by atoms with E-state index in [-0.39, 0.29) is 30.3 Å². The van der Waals surface area contributed by atoms with Crippen LogP contribution in [0.3, 0.4) is 0 Å². The number of nitrogens with two attached hydrogens (primary N) is 1. The molecular formula is C19H29N5O6. The van der Waals surface area contributed by atoms with Gasteiger partial charge in [0.2, 0.25) is 12.0 Å². The second-order valence-electron chi connectivity index (χ2n) is 9.15. The molecule has 11 nitrogen and oxygen atoms in total. The summed E-state index contributed by atoms with van der Waals surface area (Å²) in [5, 5.41) is 14.2. The van der Waals surface area contributed by atoms with Crippen molar-refractivity contribution in [2.45, 2.75) is 77.3 Å². The number of primary amides is 1. The molecule has 0 bridgehead atoms. The molecule has 3 heterocycles. The van der Waals surface area contributed by atoms with Gasteiger partial charge in [0, 0.05) is 6.54 Å². The van der Waals surface area contributed by atoms with E-state index in [9.17, 15) is 19.5 Å². The fourth-order valence-corrected chi connectivity index (χ4v) is 4.53. The van der Waals surface area contributed by atoms with Crippen LogP contribution in [0.25, 0.3) is 0 Å². The molecule has 2 unspecified atom stereocenters. The van der Waals surface area contributed by atoms with Gasteiger partial charge in [-0.3, -0.25) is 9.59 Å². The Kier molecular flexibility index (Phi) is 5.76. The Morgan fingerprint density at radius 3 is 2.70 bits per heavy atom. The van der Waals surface area contributed by atoms with E-state index in [1.165, 1.54) is 11.2 Å². The number of carbonyl (C=O) groups is 3. The van der Waals surface area contributed by atoms with Gasteiger partial charge in [-0.2, -0.15) is 4.98 Å². The number of aliphatic hydroxyl groups is 1. The highest BCUT2D eigenvalue weighted by atomic mass is 16.6. The molecule has 0 saturated carbocycles. The molecule has 2 saturated heterocycles. The number of ether oxygens (including phenoxy) is 1. The topological polar surface area (TPSA) is 152 Å². The van der Waals surface area contributed by atoms with Gasteiger partial charge in [0.05, 0.1) is 6.04 Å². The summed E-state index contributed by atoms with van der Waals surface area (Å²) in [4.78, 5) is 44.8. The van der Waals surface area contributed by atoms with Crippen molar-refractivity contribution in [2.75, 3.05) is 6.54 Å². The molecule has 4 atom stereocenters. The monoisotopic (exact) mass is 423 g/mol. The normalized spacial score (nSPS) is 25.9. The Morgan fingerprint density at radius 1 is 1.47 bits per heavy atom. The summed E-state index contributed by atoms with van der Waals surface area (Å²) in [6.45, 7) is 8.01. The van der Waals surface area contributed by atoms with Gasteiger partial charge in [-0.25, -0.2) is 4.79 Å². The molecule has 1 spiro atoms. The largest absolute Gasteiger partial charge is 0.433 e. The number of carbonyl (C=O) groups excluding carboxylic acids is 3. The van der Waals surface area contributed by atoms with Crippen LogP contribution >= 0.6 is 0 Å². The van der Waals surface area contributed by atoms with Crippen LogP contribution in [0.5, 0.6) is 0 Å². The smallest absolute Gasteiger partial charge is 0.405 e. The zero-order valence-electron chi connectivity index (χ0n) is 17.7. The van der Waals surface area contributed by atoms with Crippen molar-refractivity contribution in [2.24, 2.45) is 11.1 Å². The van der Waals surface area contributed by atoms with Crippen LogP contribution in [-0.2, 0) is 20.9 Å². The SMILES string of the molecule is CC1N(Cc2ncno2)C(=O)C12CCCN2C(=O)[C@@H](OC(N)=O)[C@H](O)CC(C)(C)C. The van der Waals surface area contributed by atoms with E-state index < -0.39 is 29.7 Å². The van der Waals surface area contributed by atoms with E-state index in [0.717, 1.165) is 0 Å². The third-order valence-corrected chi connectivity index (χ3v) is 5.85. The second-order valence-corrected chi connectivity index (χ2v) is 9.15. The molecule has 2 aliphatic heterocycles. The Morgan fingerprint density at radius 2 is 2.17 bits per heavy atom. The third kappa shape index (κ3) is 3.85. The van der Waals surface area contributed by atoms with E-state index in [1.54, 1.807) is 4.90 Å². The van der Waals surface area contributed by atoms with Gasteiger partial charge in [0.15, 0.2) is 6.33 Å². The summed E-state index contributed by atoms with van der Waals surface area (Å²) in [5.74, 6) is -0.542. The van der Waals surface area contributed by atoms with Crippen molar-refractivity contribution < 1.29 is 28.8 Å². The van der Waals surface area contributed by atoms with E-state index in [1.807, 2.05) is 27.7 Å². The lowest BCUT2D eigenvalue weighted by atomic mass is 9.77. The van der Waals surface area contributed by atoms with E-state index in [0.29, 0.717) is 25.3 Å². The minimum Gasteiger partial charge on any atom is -0.433 e. The standard InChI is InChI=1S/C19H29N5O6/c1-11-19(16(27)23(11)9-13-21-10-22-30-13)6-5-7-24(19)15(26)14(29-17(20)28)12(25)8-18(2,3)4/h10-12,14,25H,5-9H2,1-4H3,(H2,20,28)/t11?,12-,14+,19?/m1/s1. The summed E-state index contributed by atoms with van der Waals surface area (Å²) in [5.41, 5.74) is 3.80. The molecule has 2 fully saturated rings. The number of β-lactam (4-membered cyclic amide) rings is 1. The van der Waals surface area contributed by atoms with Crippen LogP contribution in [0.1, 0.15) is 52.8 Å². The Labute approximate surface area is 174 Å². The van der Waals surface area contributed by atoms with Crippen molar-refractivity contribution in [3.05, 3.63) is 12.2 Å². The highest BCUT2D eigenvalue weighted by molar-refractivity contribution is 5.99. The van der Waals surface area contributed by atoms with Crippen molar-refractivity contribution in [3.8, 4) is 0 Å². The number of rotatable bonds is 6. The Hall–Kier alpha value is -2.69. The van der Waals surface area contributed by atoms with Gasteiger partial charge in [0.25, 0.3) is 11.8 Å². The van der Waals surface area contributed by atoms with Gasteiger partial charge >= 0.3 is 6.09 Å². The van der Waals surface area contributed by atoms with Crippen LogP contribution in [-0.4, -0.2) is 73.3 Å². The number of hydrogen-bond donors (Lipinski definition) is 2. The average Bonchev–Trinajstić information content (AvgIpc) is 3.32. The van der Waals surface area contributed by atoms with Crippen molar-refractivity contribution >= 4 is 17.9 Å². The van der Waals surface area contributed by atoms with Crippen LogP contribution in [0.4, 0.5) is 4.79 Å². The van der Waals surface area contributed by atoms with Gasteiger partial charge in [-0.05, 0) is 31.6 Å². The quantitative estimate of drug-likeness (QED) is 0.625. The molecule has 3 amide bonds. The van der Waals surface area contributed by atoms with Crippen molar-refractivity contribution in [1.82, 2.24) is 19.9 Å². The second kappa shape index (κ2) is 7.86. The maximum atomic E-state index is 13.4. The zero-order valence-corrected chi connectivity index (χ0v) is 17.7. The first-order valence-corrected chi connectivity index (χ1v) is 9.99. The third-order valence-electron chi connectivity index (χ3n) is 5.85. The molecule has 2 aliphatic rings. The predicted octanol–water partition coefficient (Wildman–Crippen LogP) is 0.423. The summed E-state index contributed by atoms with van der Waals surface area (Å²) < 4.78 is 10.00. The number of aromatic nitrogens is 2. The molecule has 0 radical (unpaired) electrons. The van der Waals surface area contributed by atoms with Gasteiger partial charge in [-0.1, -0.05) is 25.9 Å². The summed E-state index contributed by atoms with van der Waals surface area (Å²) in [6, 6.07) is -0.308. The molecule has 30 heavy (non-hydrogen) atoms. The summed E-state index contributed by atoms with van der Waals surface area (Å²) in [7, 11) is 0. The number of likely N-dealkylation sites (tertiary alicyclic amines) is 2. The van der Waals surface area contributed by atoms with Crippen molar-refractivity contribution in [1.29, 1.82) is 0 Å². The minimum absolute atomic E-state index is 0.150. The lowest BCUT2D eigenvalue weighted by Gasteiger charge is -2.56. The summed E-state index contributed by atoms with van der Waals surface area (Å²) >= 11 is 0. The van der Waals surface area contributed by atoms with Crippen LogP contribution in [0.15, 0.2) is 10.9 Å². The van der Waals surface area contributed by atoms with E-state index in [4.69, 9.17) is 15.0 Å². The lowest BCUT2D eigenvalue weighted by molar-refractivity contribution is -0.183. The average molecular weight is 423 g/mol. The highest BCUT2D eigenvalue weighted by Crippen LogP contribution is 2.45.